The van der Waals surface area contributed by atoms with E-state index in [1.165, 1.54) is 0 Å². The fourth-order valence-electron chi connectivity index (χ4n) is 2.50. The summed E-state index contributed by atoms with van der Waals surface area (Å²) in [5, 5.41) is 2.56. The van der Waals surface area contributed by atoms with E-state index in [4.69, 9.17) is 4.42 Å². The van der Waals surface area contributed by atoms with Crippen molar-refractivity contribution in [2.24, 2.45) is 0 Å². The Bertz CT molecular complexity index is 833. The van der Waals surface area contributed by atoms with Crippen LogP contribution in [0, 0.1) is 6.07 Å². The lowest BCUT2D eigenvalue weighted by Crippen LogP contribution is -2.17. The van der Waals surface area contributed by atoms with E-state index in [2.05, 4.69) is 17.9 Å². The second-order valence-electron chi connectivity index (χ2n) is 5.22. The summed E-state index contributed by atoms with van der Waals surface area (Å²) in [6.07, 6.45) is 0. The highest BCUT2D eigenvalue weighted by Gasteiger charge is 2.15. The van der Waals surface area contributed by atoms with Crippen LogP contribution >= 0.6 is 0 Å². The number of hydrogen-bond donors (Lipinski definition) is 0. The first kappa shape index (κ1) is 12.9. The van der Waals surface area contributed by atoms with Gasteiger partial charge in [-0.3, -0.25) is 0 Å². The first-order valence-corrected chi connectivity index (χ1v) is 6.61. The maximum Gasteiger partial charge on any atom is 0.344 e. The Labute approximate surface area is 117 Å². The van der Waals surface area contributed by atoms with Crippen LogP contribution in [0.25, 0.3) is 21.7 Å². The van der Waals surface area contributed by atoms with Crippen LogP contribution in [0.4, 0.5) is 0 Å². The molecule has 1 unspecified atom stereocenters. The summed E-state index contributed by atoms with van der Waals surface area (Å²) in [5.74, 6) is 0. The molecule has 101 valence electrons. The van der Waals surface area contributed by atoms with Crippen LogP contribution in [0.5, 0.6) is 0 Å². The first-order valence-electron chi connectivity index (χ1n) is 6.61. The molecular formula is C17H16NO2. The summed E-state index contributed by atoms with van der Waals surface area (Å²) in [7, 11) is 4.07. The van der Waals surface area contributed by atoms with Gasteiger partial charge in [-0.15, -0.1) is 0 Å². The van der Waals surface area contributed by atoms with Gasteiger partial charge < -0.3 is 9.32 Å². The van der Waals surface area contributed by atoms with Gasteiger partial charge in [-0.2, -0.15) is 0 Å². The van der Waals surface area contributed by atoms with Gasteiger partial charge in [0.1, 0.15) is 5.58 Å². The van der Waals surface area contributed by atoms with E-state index in [-0.39, 0.29) is 11.7 Å². The Kier molecular flexibility index (Phi) is 3.07. The molecule has 0 saturated heterocycles. The van der Waals surface area contributed by atoms with Crippen molar-refractivity contribution in [2.75, 3.05) is 14.1 Å². The lowest BCUT2D eigenvalue weighted by atomic mass is 9.98. The van der Waals surface area contributed by atoms with Gasteiger partial charge in [0.15, 0.2) is 0 Å². The average Bonchev–Trinajstić information content (AvgIpc) is 2.46. The van der Waals surface area contributed by atoms with E-state index in [0.29, 0.717) is 11.0 Å². The molecule has 2 aromatic carbocycles. The highest BCUT2D eigenvalue weighted by atomic mass is 16.4. The number of hydrogen-bond acceptors (Lipinski definition) is 3. The molecule has 1 radical (unpaired) electrons. The van der Waals surface area contributed by atoms with E-state index >= 15 is 0 Å². The predicted octanol–water partition coefficient (Wildman–Crippen LogP) is 3.37. The highest BCUT2D eigenvalue weighted by Crippen LogP contribution is 2.31. The molecule has 0 N–H and O–H groups in total. The van der Waals surface area contributed by atoms with Crippen LogP contribution < -0.4 is 5.63 Å². The van der Waals surface area contributed by atoms with Gasteiger partial charge in [0, 0.05) is 16.8 Å². The fraction of sp³-hybridized carbons (Fsp3) is 0.235. The molecule has 0 spiro atoms. The van der Waals surface area contributed by atoms with Crippen molar-refractivity contribution < 1.29 is 4.42 Å². The molecule has 0 aliphatic heterocycles. The highest BCUT2D eigenvalue weighted by molar-refractivity contribution is 6.06. The van der Waals surface area contributed by atoms with Crippen molar-refractivity contribution in [2.45, 2.75) is 13.0 Å². The summed E-state index contributed by atoms with van der Waals surface area (Å²) >= 11 is 0. The van der Waals surface area contributed by atoms with Crippen LogP contribution in [0.2, 0.25) is 0 Å². The zero-order valence-corrected chi connectivity index (χ0v) is 11.8. The quantitative estimate of drug-likeness (QED) is 0.526. The molecule has 3 heteroatoms. The van der Waals surface area contributed by atoms with Gasteiger partial charge in [0.05, 0.1) is 5.39 Å². The van der Waals surface area contributed by atoms with Crippen molar-refractivity contribution in [1.82, 2.24) is 4.90 Å². The third-order valence-electron chi connectivity index (χ3n) is 3.83. The summed E-state index contributed by atoms with van der Waals surface area (Å²) < 4.78 is 5.44. The normalized spacial score (nSPS) is 13.2. The molecule has 1 atom stereocenters. The maximum atomic E-state index is 12.0. The molecule has 1 aromatic heterocycles. The van der Waals surface area contributed by atoms with Crippen LogP contribution in [-0.2, 0) is 0 Å². The lowest BCUT2D eigenvalue weighted by Gasteiger charge is -2.21. The number of fused-ring (bicyclic) bond motifs is 3. The van der Waals surface area contributed by atoms with Crippen molar-refractivity contribution >= 4 is 21.7 Å². The Morgan fingerprint density at radius 3 is 2.55 bits per heavy atom. The Morgan fingerprint density at radius 1 is 1.15 bits per heavy atom. The third kappa shape index (κ3) is 1.91. The largest absolute Gasteiger partial charge is 0.422 e. The van der Waals surface area contributed by atoms with E-state index in [9.17, 15) is 4.79 Å². The molecule has 3 aromatic rings. The first-order chi connectivity index (χ1) is 9.59. The van der Waals surface area contributed by atoms with Gasteiger partial charge in [-0.25, -0.2) is 4.79 Å². The van der Waals surface area contributed by atoms with E-state index in [1.807, 2.05) is 38.4 Å². The number of nitrogens with zero attached hydrogens (tertiary/aromatic N) is 1. The Morgan fingerprint density at radius 2 is 1.85 bits per heavy atom. The SMILES string of the molecule is CC(c1c[c]cc2oc(=O)c3ccccc3c12)N(C)C. The molecule has 0 amide bonds. The number of benzene rings is 2. The molecule has 0 bridgehead atoms. The molecular weight excluding hydrogens is 250 g/mol. The Balaban J connectivity index is 2.50. The predicted molar refractivity (Wildman–Crippen MR) is 80.9 cm³/mol. The monoisotopic (exact) mass is 266 g/mol. The van der Waals surface area contributed by atoms with E-state index < -0.39 is 0 Å². The minimum atomic E-state index is -0.295. The zero-order valence-electron chi connectivity index (χ0n) is 11.8. The second kappa shape index (κ2) is 4.76. The minimum Gasteiger partial charge on any atom is -0.422 e. The average molecular weight is 266 g/mol. The van der Waals surface area contributed by atoms with Crippen molar-refractivity contribution in [3.05, 3.63) is 58.4 Å². The van der Waals surface area contributed by atoms with Gasteiger partial charge in [-0.05, 0) is 50.8 Å². The van der Waals surface area contributed by atoms with Crippen LogP contribution in [0.15, 0.2) is 45.6 Å². The van der Waals surface area contributed by atoms with Gasteiger partial charge >= 0.3 is 5.63 Å². The van der Waals surface area contributed by atoms with Crippen LogP contribution in [-0.4, -0.2) is 19.0 Å². The zero-order chi connectivity index (χ0) is 14.3. The fourth-order valence-corrected chi connectivity index (χ4v) is 2.50. The molecule has 0 saturated carbocycles. The minimum absolute atomic E-state index is 0.214. The smallest absolute Gasteiger partial charge is 0.344 e. The number of rotatable bonds is 2. The standard InChI is InChI=1S/C17H16NO2/c1-11(18(2)3)12-9-6-10-15-16(12)13-7-4-5-8-14(13)17(19)20-15/h4-5,7-11H,1-3H3. The Hall–Kier alpha value is -2.13. The summed E-state index contributed by atoms with van der Waals surface area (Å²) in [5.41, 5.74) is 1.42. The summed E-state index contributed by atoms with van der Waals surface area (Å²) in [6.45, 7) is 2.13. The van der Waals surface area contributed by atoms with Crippen molar-refractivity contribution in [3.63, 3.8) is 0 Å². The van der Waals surface area contributed by atoms with E-state index in [1.54, 1.807) is 12.1 Å². The lowest BCUT2D eigenvalue weighted by molar-refractivity contribution is 0.323. The molecule has 1 heterocycles. The maximum absolute atomic E-state index is 12.0. The topological polar surface area (TPSA) is 33.5 Å². The van der Waals surface area contributed by atoms with Gasteiger partial charge in [0.25, 0.3) is 0 Å². The molecule has 0 fully saturated rings. The van der Waals surface area contributed by atoms with Crippen LogP contribution in [0.3, 0.4) is 0 Å². The van der Waals surface area contributed by atoms with Crippen molar-refractivity contribution in [3.8, 4) is 0 Å². The third-order valence-corrected chi connectivity index (χ3v) is 3.83. The summed E-state index contributed by atoms with van der Waals surface area (Å²) in [4.78, 5) is 14.1. The molecule has 3 nitrogen and oxygen atoms in total. The molecule has 0 aliphatic rings. The van der Waals surface area contributed by atoms with Gasteiger partial charge in [0.2, 0.25) is 0 Å². The molecule has 3 rings (SSSR count). The summed E-state index contributed by atoms with van der Waals surface area (Å²) in [6, 6.07) is 14.6. The molecule has 20 heavy (non-hydrogen) atoms. The second-order valence-corrected chi connectivity index (χ2v) is 5.22. The van der Waals surface area contributed by atoms with Crippen molar-refractivity contribution in [1.29, 1.82) is 0 Å². The van der Waals surface area contributed by atoms with Gasteiger partial charge in [-0.1, -0.05) is 18.2 Å². The molecule has 0 aliphatic carbocycles. The van der Waals surface area contributed by atoms with Crippen LogP contribution in [0.1, 0.15) is 18.5 Å². The van der Waals surface area contributed by atoms with E-state index in [0.717, 1.165) is 16.3 Å².